The van der Waals surface area contributed by atoms with Gasteiger partial charge < -0.3 is 15.4 Å². The van der Waals surface area contributed by atoms with Crippen LogP contribution >= 0.6 is 0 Å². The van der Waals surface area contributed by atoms with E-state index in [4.69, 9.17) is 4.74 Å². The number of benzene rings is 2. The average Bonchev–Trinajstić information content (AvgIpc) is 2.67. The third-order valence-corrected chi connectivity index (χ3v) is 4.05. The van der Waals surface area contributed by atoms with E-state index in [1.165, 1.54) is 11.1 Å². The van der Waals surface area contributed by atoms with Gasteiger partial charge in [0.1, 0.15) is 23.2 Å². The molecular formula is C21H24N4O. The molecule has 26 heavy (non-hydrogen) atoms. The normalized spacial score (nSPS) is 10.4. The summed E-state index contributed by atoms with van der Waals surface area (Å²) < 4.78 is 5.40. The second-order valence-corrected chi connectivity index (χ2v) is 6.01. The Morgan fingerprint density at radius 2 is 1.58 bits per heavy atom. The van der Waals surface area contributed by atoms with Crippen molar-refractivity contribution in [2.75, 3.05) is 24.3 Å². The van der Waals surface area contributed by atoms with Crippen LogP contribution in [0.2, 0.25) is 0 Å². The Kier molecular flexibility index (Phi) is 6.04. The molecule has 2 aromatic carbocycles. The van der Waals surface area contributed by atoms with E-state index in [1.54, 1.807) is 7.11 Å². The Morgan fingerprint density at radius 3 is 2.35 bits per heavy atom. The number of ether oxygens (including phenoxy) is 1. The van der Waals surface area contributed by atoms with Crippen LogP contribution in [0.5, 0.6) is 5.75 Å². The summed E-state index contributed by atoms with van der Waals surface area (Å²) in [4.78, 5) is 8.93. The third-order valence-electron chi connectivity index (χ3n) is 4.05. The van der Waals surface area contributed by atoms with E-state index in [9.17, 15) is 0 Å². The van der Waals surface area contributed by atoms with Crippen molar-refractivity contribution in [3.05, 3.63) is 77.6 Å². The summed E-state index contributed by atoms with van der Waals surface area (Å²) in [7, 11) is 1.70. The maximum Gasteiger partial charge on any atom is 0.132 e. The van der Waals surface area contributed by atoms with Crippen molar-refractivity contribution in [1.29, 1.82) is 0 Å². The number of rotatable bonds is 8. The van der Waals surface area contributed by atoms with Crippen molar-refractivity contribution in [3.63, 3.8) is 0 Å². The van der Waals surface area contributed by atoms with Crippen LogP contribution in [0.3, 0.4) is 0 Å². The highest BCUT2D eigenvalue weighted by atomic mass is 16.5. The van der Waals surface area contributed by atoms with Crippen LogP contribution in [0.25, 0.3) is 0 Å². The maximum absolute atomic E-state index is 5.40. The monoisotopic (exact) mass is 348 g/mol. The van der Waals surface area contributed by atoms with Crippen molar-refractivity contribution in [2.45, 2.75) is 19.9 Å². The molecule has 0 aliphatic carbocycles. The minimum absolute atomic E-state index is 0.734. The lowest BCUT2D eigenvalue weighted by atomic mass is 10.1. The first-order chi connectivity index (χ1) is 12.7. The van der Waals surface area contributed by atoms with Gasteiger partial charge in [0, 0.05) is 19.2 Å². The number of nitrogens with one attached hydrogen (secondary N) is 2. The molecule has 0 fully saturated rings. The van der Waals surface area contributed by atoms with Gasteiger partial charge in [-0.3, -0.25) is 0 Å². The van der Waals surface area contributed by atoms with E-state index in [0.29, 0.717) is 0 Å². The average molecular weight is 348 g/mol. The highest BCUT2D eigenvalue weighted by Gasteiger charge is 2.04. The molecule has 0 aliphatic rings. The zero-order chi connectivity index (χ0) is 18.2. The van der Waals surface area contributed by atoms with E-state index in [-0.39, 0.29) is 0 Å². The number of aryl methyl sites for hydroxylation is 1. The molecule has 0 radical (unpaired) electrons. The number of hydrogen-bond acceptors (Lipinski definition) is 5. The lowest BCUT2D eigenvalue weighted by molar-refractivity contribution is 0.410. The lowest BCUT2D eigenvalue weighted by Gasteiger charge is -2.11. The van der Waals surface area contributed by atoms with Gasteiger partial charge in [-0.2, -0.15) is 0 Å². The SMILES string of the molecule is COc1ccccc1CCNc1cc(NCc2ccccc2)nc(C)n1. The lowest BCUT2D eigenvalue weighted by Crippen LogP contribution is -2.10. The molecule has 0 saturated carbocycles. The van der Waals surface area contributed by atoms with E-state index in [1.807, 2.05) is 49.4 Å². The molecule has 134 valence electrons. The molecule has 0 unspecified atom stereocenters. The summed E-state index contributed by atoms with van der Waals surface area (Å²) in [5, 5.41) is 6.73. The number of nitrogens with zero attached hydrogens (tertiary/aromatic N) is 2. The first kappa shape index (κ1) is 17.7. The Bertz CT molecular complexity index is 836. The van der Waals surface area contributed by atoms with Gasteiger partial charge in [0.15, 0.2) is 0 Å². The minimum atomic E-state index is 0.734. The largest absolute Gasteiger partial charge is 0.496 e. The first-order valence-electron chi connectivity index (χ1n) is 8.74. The Balaban J connectivity index is 1.59. The molecule has 0 saturated heterocycles. The molecule has 5 heteroatoms. The quantitative estimate of drug-likeness (QED) is 0.643. The first-order valence-corrected chi connectivity index (χ1v) is 8.74. The summed E-state index contributed by atoms with van der Waals surface area (Å²) in [6.45, 7) is 3.41. The highest BCUT2D eigenvalue weighted by molar-refractivity contribution is 5.48. The second-order valence-electron chi connectivity index (χ2n) is 6.01. The standard InChI is InChI=1S/C21H24N4O/c1-16-24-20(22-13-12-18-10-6-7-11-19(18)26-2)14-21(25-16)23-15-17-8-4-3-5-9-17/h3-11,14H,12-13,15H2,1-2H3,(H2,22,23,24,25). The van der Waals surface area contributed by atoms with Crippen molar-refractivity contribution in [2.24, 2.45) is 0 Å². The van der Waals surface area contributed by atoms with Crippen molar-refractivity contribution in [1.82, 2.24) is 9.97 Å². The van der Waals surface area contributed by atoms with Crippen molar-refractivity contribution >= 4 is 11.6 Å². The Hall–Kier alpha value is -3.08. The van der Waals surface area contributed by atoms with E-state index in [0.717, 1.165) is 42.7 Å². The topological polar surface area (TPSA) is 59.1 Å². The van der Waals surface area contributed by atoms with Crippen LogP contribution in [0.15, 0.2) is 60.7 Å². The molecule has 0 bridgehead atoms. The van der Waals surface area contributed by atoms with Gasteiger partial charge in [0.05, 0.1) is 7.11 Å². The van der Waals surface area contributed by atoms with E-state index in [2.05, 4.69) is 38.8 Å². The van der Waals surface area contributed by atoms with Crippen LogP contribution in [0.1, 0.15) is 17.0 Å². The fourth-order valence-electron chi connectivity index (χ4n) is 2.77. The summed E-state index contributed by atoms with van der Waals surface area (Å²) in [5.74, 6) is 3.30. The molecule has 3 rings (SSSR count). The van der Waals surface area contributed by atoms with Crippen LogP contribution < -0.4 is 15.4 Å². The molecular weight excluding hydrogens is 324 g/mol. The maximum atomic E-state index is 5.40. The second kappa shape index (κ2) is 8.85. The van der Waals surface area contributed by atoms with Gasteiger partial charge in [0.2, 0.25) is 0 Å². The van der Waals surface area contributed by atoms with E-state index < -0.39 is 0 Å². The van der Waals surface area contributed by atoms with Crippen LogP contribution in [0.4, 0.5) is 11.6 Å². The zero-order valence-corrected chi connectivity index (χ0v) is 15.2. The number of anilines is 2. The highest BCUT2D eigenvalue weighted by Crippen LogP contribution is 2.18. The fraction of sp³-hybridized carbons (Fsp3) is 0.238. The predicted octanol–water partition coefficient (Wildman–Crippen LogP) is 4.06. The van der Waals surface area contributed by atoms with Gasteiger partial charge in [0.25, 0.3) is 0 Å². The van der Waals surface area contributed by atoms with Crippen LogP contribution in [0, 0.1) is 6.92 Å². The molecule has 2 N–H and O–H groups in total. The van der Waals surface area contributed by atoms with Crippen molar-refractivity contribution < 1.29 is 4.74 Å². The number of hydrogen-bond donors (Lipinski definition) is 2. The molecule has 0 amide bonds. The molecule has 5 nitrogen and oxygen atoms in total. The molecule has 0 spiro atoms. The Morgan fingerprint density at radius 1 is 0.885 bits per heavy atom. The van der Waals surface area contributed by atoms with Gasteiger partial charge >= 0.3 is 0 Å². The molecule has 1 aromatic heterocycles. The summed E-state index contributed by atoms with van der Waals surface area (Å²) in [6.07, 6.45) is 0.861. The smallest absolute Gasteiger partial charge is 0.132 e. The van der Waals surface area contributed by atoms with Gasteiger partial charge in [-0.15, -0.1) is 0 Å². The number of aromatic nitrogens is 2. The number of methoxy groups -OCH3 is 1. The molecule has 3 aromatic rings. The Labute approximate surface area is 154 Å². The molecule has 0 atom stereocenters. The van der Waals surface area contributed by atoms with Gasteiger partial charge in [-0.1, -0.05) is 48.5 Å². The fourth-order valence-corrected chi connectivity index (χ4v) is 2.77. The van der Waals surface area contributed by atoms with Gasteiger partial charge in [-0.25, -0.2) is 9.97 Å². The third kappa shape index (κ3) is 4.96. The predicted molar refractivity (Wildman–Crippen MR) is 106 cm³/mol. The summed E-state index contributed by atoms with van der Waals surface area (Å²) in [6, 6.07) is 20.3. The van der Waals surface area contributed by atoms with Crippen molar-refractivity contribution in [3.8, 4) is 5.75 Å². The van der Waals surface area contributed by atoms with E-state index >= 15 is 0 Å². The van der Waals surface area contributed by atoms with Crippen LogP contribution in [-0.2, 0) is 13.0 Å². The number of para-hydroxylation sites is 1. The zero-order valence-electron chi connectivity index (χ0n) is 15.2. The summed E-state index contributed by atoms with van der Waals surface area (Å²) in [5.41, 5.74) is 2.39. The molecule has 0 aliphatic heterocycles. The molecule has 1 heterocycles. The van der Waals surface area contributed by atoms with Gasteiger partial charge in [-0.05, 0) is 30.5 Å². The summed E-state index contributed by atoms with van der Waals surface area (Å²) >= 11 is 0. The minimum Gasteiger partial charge on any atom is -0.496 e. The van der Waals surface area contributed by atoms with Crippen LogP contribution in [-0.4, -0.2) is 23.6 Å².